The number of fused-ring (bicyclic) bond motifs is 1. The first-order valence-corrected chi connectivity index (χ1v) is 8.76. The van der Waals surface area contributed by atoms with Crippen LogP contribution in [0.5, 0.6) is 0 Å². The number of benzene rings is 1. The lowest BCUT2D eigenvalue weighted by atomic mass is 9.69. The molecule has 1 aromatic carbocycles. The molecule has 0 spiro atoms. The SMILES string of the molecule is O=C(/C=C1\CC[C@@H]2CCCC(=O)[C@H]2C1)NCCc1ccccc1. The van der Waals surface area contributed by atoms with E-state index in [4.69, 9.17) is 0 Å². The Bertz CT molecular complexity index is 591. The summed E-state index contributed by atoms with van der Waals surface area (Å²) in [5, 5.41) is 2.96. The van der Waals surface area contributed by atoms with Crippen LogP contribution in [-0.4, -0.2) is 18.2 Å². The number of ketones is 1. The second-order valence-electron chi connectivity index (χ2n) is 6.80. The van der Waals surface area contributed by atoms with E-state index < -0.39 is 0 Å². The van der Waals surface area contributed by atoms with E-state index >= 15 is 0 Å². The van der Waals surface area contributed by atoms with Gasteiger partial charge in [-0.05, 0) is 50.0 Å². The molecule has 2 aliphatic carbocycles. The lowest BCUT2D eigenvalue weighted by molar-refractivity contribution is -0.127. The lowest BCUT2D eigenvalue weighted by Gasteiger charge is -2.35. The van der Waals surface area contributed by atoms with Crippen LogP contribution in [0.2, 0.25) is 0 Å². The molecular formula is C20H25NO2. The number of carbonyl (C=O) groups is 2. The molecular weight excluding hydrogens is 286 g/mol. The summed E-state index contributed by atoms with van der Waals surface area (Å²) in [5.41, 5.74) is 2.38. The van der Waals surface area contributed by atoms with Crippen molar-refractivity contribution < 1.29 is 9.59 Å². The van der Waals surface area contributed by atoms with Gasteiger partial charge in [0.25, 0.3) is 0 Å². The Hall–Kier alpha value is -1.90. The van der Waals surface area contributed by atoms with Crippen LogP contribution in [0.15, 0.2) is 42.0 Å². The largest absolute Gasteiger partial charge is 0.352 e. The molecule has 0 heterocycles. The molecule has 2 aliphatic rings. The van der Waals surface area contributed by atoms with Gasteiger partial charge in [0.15, 0.2) is 0 Å². The average molecular weight is 311 g/mol. The summed E-state index contributed by atoms with van der Waals surface area (Å²) in [4.78, 5) is 24.1. The highest BCUT2D eigenvalue weighted by Gasteiger charge is 2.35. The van der Waals surface area contributed by atoms with Crippen LogP contribution in [0, 0.1) is 11.8 Å². The molecule has 3 heteroatoms. The van der Waals surface area contributed by atoms with Gasteiger partial charge in [0.1, 0.15) is 5.78 Å². The van der Waals surface area contributed by atoms with Crippen molar-refractivity contribution in [3.63, 3.8) is 0 Å². The fourth-order valence-electron chi connectivity index (χ4n) is 3.91. The zero-order valence-electron chi connectivity index (χ0n) is 13.6. The summed E-state index contributed by atoms with van der Waals surface area (Å²) in [7, 11) is 0. The molecule has 3 nitrogen and oxygen atoms in total. The second kappa shape index (κ2) is 7.58. The Balaban J connectivity index is 1.48. The maximum absolute atomic E-state index is 12.1. The van der Waals surface area contributed by atoms with Gasteiger partial charge in [-0.15, -0.1) is 0 Å². The van der Waals surface area contributed by atoms with Crippen LogP contribution in [0.3, 0.4) is 0 Å². The van der Waals surface area contributed by atoms with Crippen LogP contribution in [-0.2, 0) is 16.0 Å². The Morgan fingerprint density at radius 1 is 1.17 bits per heavy atom. The van der Waals surface area contributed by atoms with E-state index in [1.54, 1.807) is 6.08 Å². The van der Waals surface area contributed by atoms with E-state index in [-0.39, 0.29) is 11.8 Å². The van der Waals surface area contributed by atoms with Crippen molar-refractivity contribution in [2.24, 2.45) is 11.8 Å². The molecule has 0 radical (unpaired) electrons. The highest BCUT2D eigenvalue weighted by Crippen LogP contribution is 2.40. The van der Waals surface area contributed by atoms with Crippen molar-refractivity contribution in [1.29, 1.82) is 0 Å². The number of allylic oxidation sites excluding steroid dienone is 1. The van der Waals surface area contributed by atoms with Crippen molar-refractivity contribution in [1.82, 2.24) is 5.32 Å². The van der Waals surface area contributed by atoms with Gasteiger partial charge in [-0.1, -0.05) is 35.9 Å². The zero-order valence-corrected chi connectivity index (χ0v) is 13.6. The van der Waals surface area contributed by atoms with Gasteiger partial charge in [0.05, 0.1) is 0 Å². The molecule has 2 atom stereocenters. The van der Waals surface area contributed by atoms with Gasteiger partial charge in [0.2, 0.25) is 5.91 Å². The predicted molar refractivity (Wildman–Crippen MR) is 90.9 cm³/mol. The molecule has 122 valence electrons. The molecule has 3 rings (SSSR count). The number of hydrogen-bond donors (Lipinski definition) is 1. The fourth-order valence-corrected chi connectivity index (χ4v) is 3.91. The van der Waals surface area contributed by atoms with Gasteiger partial charge in [-0.2, -0.15) is 0 Å². The standard InChI is InChI=1S/C20H25NO2/c22-19-8-4-7-17-10-9-16(13-18(17)19)14-20(23)21-12-11-15-5-2-1-3-6-15/h1-3,5-6,14,17-18H,4,7-13H2,(H,21,23)/b16-14+/t17-,18-/m0/s1. The maximum Gasteiger partial charge on any atom is 0.243 e. The Morgan fingerprint density at radius 2 is 2.00 bits per heavy atom. The Kier molecular flexibility index (Phi) is 5.27. The van der Waals surface area contributed by atoms with E-state index in [9.17, 15) is 9.59 Å². The normalized spacial score (nSPS) is 25.9. The van der Waals surface area contributed by atoms with Gasteiger partial charge in [-0.3, -0.25) is 9.59 Å². The molecule has 0 saturated heterocycles. The van der Waals surface area contributed by atoms with E-state index in [1.165, 1.54) is 12.0 Å². The first-order valence-electron chi connectivity index (χ1n) is 8.76. The first-order chi connectivity index (χ1) is 11.2. The number of rotatable bonds is 4. The van der Waals surface area contributed by atoms with Crippen LogP contribution in [0.1, 0.15) is 44.1 Å². The smallest absolute Gasteiger partial charge is 0.243 e. The molecule has 2 fully saturated rings. The predicted octanol–water partition coefficient (Wildman–Crippen LogP) is 3.44. The molecule has 1 aromatic rings. The van der Waals surface area contributed by atoms with Gasteiger partial charge in [-0.25, -0.2) is 0 Å². The number of nitrogens with one attached hydrogen (secondary N) is 1. The monoisotopic (exact) mass is 311 g/mol. The minimum absolute atomic E-state index is 0.0161. The highest BCUT2D eigenvalue weighted by atomic mass is 16.1. The Labute approximate surface area is 138 Å². The fraction of sp³-hybridized carbons (Fsp3) is 0.500. The minimum Gasteiger partial charge on any atom is -0.352 e. The number of carbonyl (C=O) groups excluding carboxylic acids is 2. The minimum atomic E-state index is -0.0161. The number of Topliss-reactive ketones (excluding diaryl/α,β-unsaturated/α-hetero) is 1. The third-order valence-corrected chi connectivity index (χ3v) is 5.19. The average Bonchev–Trinajstić information content (AvgIpc) is 2.57. The molecule has 0 aliphatic heterocycles. The van der Waals surface area contributed by atoms with E-state index in [0.717, 1.165) is 44.1 Å². The molecule has 0 aromatic heterocycles. The first kappa shape index (κ1) is 16.0. The molecule has 1 N–H and O–H groups in total. The zero-order chi connectivity index (χ0) is 16.1. The molecule has 2 saturated carbocycles. The summed E-state index contributed by atoms with van der Waals surface area (Å²) in [6.07, 6.45) is 8.40. The molecule has 23 heavy (non-hydrogen) atoms. The Morgan fingerprint density at radius 3 is 2.83 bits per heavy atom. The van der Waals surface area contributed by atoms with E-state index in [0.29, 0.717) is 18.2 Å². The van der Waals surface area contributed by atoms with Crippen LogP contribution < -0.4 is 5.32 Å². The maximum atomic E-state index is 12.1. The quantitative estimate of drug-likeness (QED) is 0.866. The third kappa shape index (κ3) is 4.31. The summed E-state index contributed by atoms with van der Waals surface area (Å²) in [6, 6.07) is 10.2. The number of hydrogen-bond acceptors (Lipinski definition) is 2. The van der Waals surface area contributed by atoms with Crippen molar-refractivity contribution in [3.8, 4) is 0 Å². The lowest BCUT2D eigenvalue weighted by Crippen LogP contribution is -2.32. The van der Waals surface area contributed by atoms with Crippen LogP contribution >= 0.6 is 0 Å². The topological polar surface area (TPSA) is 46.2 Å². The third-order valence-electron chi connectivity index (χ3n) is 5.19. The molecule has 0 unspecified atom stereocenters. The van der Waals surface area contributed by atoms with E-state index in [1.807, 2.05) is 18.2 Å². The van der Waals surface area contributed by atoms with Crippen molar-refractivity contribution >= 4 is 11.7 Å². The van der Waals surface area contributed by atoms with Crippen molar-refractivity contribution in [3.05, 3.63) is 47.5 Å². The number of amides is 1. The van der Waals surface area contributed by atoms with Gasteiger partial charge in [0, 0.05) is 25.0 Å². The van der Waals surface area contributed by atoms with Gasteiger partial charge >= 0.3 is 0 Å². The summed E-state index contributed by atoms with van der Waals surface area (Å²) < 4.78 is 0. The van der Waals surface area contributed by atoms with Crippen LogP contribution in [0.25, 0.3) is 0 Å². The van der Waals surface area contributed by atoms with Crippen molar-refractivity contribution in [2.45, 2.75) is 44.9 Å². The summed E-state index contributed by atoms with van der Waals surface area (Å²) in [5.74, 6) is 1.14. The van der Waals surface area contributed by atoms with E-state index in [2.05, 4.69) is 17.4 Å². The molecule has 0 bridgehead atoms. The second-order valence-corrected chi connectivity index (χ2v) is 6.80. The highest BCUT2D eigenvalue weighted by molar-refractivity contribution is 5.88. The summed E-state index contributed by atoms with van der Waals surface area (Å²) in [6.45, 7) is 0.650. The van der Waals surface area contributed by atoms with Crippen LogP contribution in [0.4, 0.5) is 0 Å². The molecule has 1 amide bonds. The van der Waals surface area contributed by atoms with Gasteiger partial charge < -0.3 is 5.32 Å². The van der Waals surface area contributed by atoms with Crippen molar-refractivity contribution in [2.75, 3.05) is 6.54 Å². The summed E-state index contributed by atoms with van der Waals surface area (Å²) >= 11 is 0.